The van der Waals surface area contributed by atoms with Crippen molar-refractivity contribution >= 4 is 23.3 Å². The summed E-state index contributed by atoms with van der Waals surface area (Å²) in [7, 11) is 0. The molecule has 0 radical (unpaired) electrons. The Morgan fingerprint density at radius 2 is 1.82 bits per heavy atom. The smallest absolute Gasteiger partial charge is 0.272 e. The van der Waals surface area contributed by atoms with Gasteiger partial charge in [0.15, 0.2) is 11.5 Å². The van der Waals surface area contributed by atoms with Crippen LogP contribution in [0.3, 0.4) is 0 Å². The molecule has 1 aromatic heterocycles. The molecule has 0 spiro atoms. The van der Waals surface area contributed by atoms with Gasteiger partial charge >= 0.3 is 0 Å². The van der Waals surface area contributed by atoms with Crippen LogP contribution in [0.1, 0.15) is 28.9 Å². The standard InChI is InChI=1S/C16H17ClN4O/c17-13-5-3-12(4-6-13)11-18-16(22)14-7-8-15(20-19-14)21-9-1-2-10-21/h3-8H,1-2,9-11H2,(H,18,22). The van der Waals surface area contributed by atoms with Gasteiger partial charge in [0, 0.05) is 24.7 Å². The van der Waals surface area contributed by atoms with Crippen LogP contribution in [0.5, 0.6) is 0 Å². The highest BCUT2D eigenvalue weighted by molar-refractivity contribution is 6.30. The summed E-state index contributed by atoms with van der Waals surface area (Å²) in [6.45, 7) is 2.46. The van der Waals surface area contributed by atoms with Crippen molar-refractivity contribution in [2.24, 2.45) is 0 Å². The SMILES string of the molecule is O=C(NCc1ccc(Cl)cc1)c1ccc(N2CCCC2)nn1. The van der Waals surface area contributed by atoms with Crippen molar-refractivity contribution < 1.29 is 4.79 Å². The van der Waals surface area contributed by atoms with E-state index in [9.17, 15) is 4.79 Å². The molecule has 1 saturated heterocycles. The van der Waals surface area contributed by atoms with Crippen molar-refractivity contribution in [1.29, 1.82) is 0 Å². The van der Waals surface area contributed by atoms with Gasteiger partial charge in [-0.1, -0.05) is 23.7 Å². The molecule has 0 saturated carbocycles. The monoisotopic (exact) mass is 316 g/mol. The van der Waals surface area contributed by atoms with Crippen molar-refractivity contribution in [3.63, 3.8) is 0 Å². The number of nitrogens with zero attached hydrogens (tertiary/aromatic N) is 3. The van der Waals surface area contributed by atoms with Crippen molar-refractivity contribution in [2.75, 3.05) is 18.0 Å². The lowest BCUT2D eigenvalue weighted by atomic mass is 10.2. The summed E-state index contributed by atoms with van der Waals surface area (Å²) in [6.07, 6.45) is 2.37. The van der Waals surface area contributed by atoms with Gasteiger partial charge in [-0.25, -0.2) is 0 Å². The third-order valence-electron chi connectivity index (χ3n) is 3.68. The number of carbonyl (C=O) groups excluding carboxylic acids is 1. The van der Waals surface area contributed by atoms with Crippen LogP contribution in [-0.4, -0.2) is 29.2 Å². The van der Waals surface area contributed by atoms with Crippen molar-refractivity contribution in [1.82, 2.24) is 15.5 Å². The van der Waals surface area contributed by atoms with Crippen LogP contribution in [0.25, 0.3) is 0 Å². The predicted octanol–water partition coefficient (Wildman–Crippen LogP) is 2.66. The van der Waals surface area contributed by atoms with E-state index in [2.05, 4.69) is 20.4 Å². The van der Waals surface area contributed by atoms with Crippen LogP contribution >= 0.6 is 11.6 Å². The van der Waals surface area contributed by atoms with Crippen LogP contribution in [-0.2, 0) is 6.54 Å². The summed E-state index contributed by atoms with van der Waals surface area (Å²) in [4.78, 5) is 14.2. The summed E-state index contributed by atoms with van der Waals surface area (Å²) in [5.74, 6) is 0.613. The maximum absolute atomic E-state index is 12.1. The minimum absolute atomic E-state index is 0.226. The van der Waals surface area contributed by atoms with E-state index in [-0.39, 0.29) is 5.91 Å². The van der Waals surface area contributed by atoms with Gasteiger partial charge in [-0.15, -0.1) is 10.2 Å². The molecule has 5 nitrogen and oxygen atoms in total. The summed E-state index contributed by atoms with van der Waals surface area (Å²) in [6, 6.07) is 10.9. The molecule has 1 amide bonds. The van der Waals surface area contributed by atoms with Crippen LogP contribution < -0.4 is 10.2 Å². The Labute approximate surface area is 134 Å². The lowest BCUT2D eigenvalue weighted by Gasteiger charge is -2.15. The van der Waals surface area contributed by atoms with E-state index in [0.717, 1.165) is 24.5 Å². The number of aromatic nitrogens is 2. The number of halogens is 1. The lowest BCUT2D eigenvalue weighted by molar-refractivity contribution is 0.0945. The fourth-order valence-electron chi connectivity index (χ4n) is 2.44. The predicted molar refractivity (Wildman–Crippen MR) is 86.1 cm³/mol. The molecule has 22 heavy (non-hydrogen) atoms. The minimum Gasteiger partial charge on any atom is -0.355 e. The highest BCUT2D eigenvalue weighted by Gasteiger charge is 2.15. The first-order chi connectivity index (χ1) is 10.7. The molecule has 1 N–H and O–H groups in total. The molecular formula is C16H17ClN4O. The van der Waals surface area contributed by atoms with E-state index < -0.39 is 0 Å². The average Bonchev–Trinajstić information content (AvgIpc) is 3.09. The van der Waals surface area contributed by atoms with E-state index in [1.54, 1.807) is 18.2 Å². The topological polar surface area (TPSA) is 58.1 Å². The van der Waals surface area contributed by atoms with Gasteiger partial charge in [0.1, 0.15) is 0 Å². The summed E-state index contributed by atoms with van der Waals surface area (Å²) < 4.78 is 0. The minimum atomic E-state index is -0.226. The number of amides is 1. The third kappa shape index (κ3) is 3.54. The van der Waals surface area contributed by atoms with Crippen molar-refractivity contribution in [3.8, 4) is 0 Å². The highest BCUT2D eigenvalue weighted by atomic mass is 35.5. The second kappa shape index (κ2) is 6.75. The van der Waals surface area contributed by atoms with Crippen molar-refractivity contribution in [3.05, 3.63) is 52.7 Å². The highest BCUT2D eigenvalue weighted by Crippen LogP contribution is 2.16. The molecule has 0 aliphatic carbocycles. The molecule has 1 aliphatic heterocycles. The molecule has 0 bridgehead atoms. The van der Waals surface area contributed by atoms with Gasteiger partial charge in [-0.3, -0.25) is 4.79 Å². The quantitative estimate of drug-likeness (QED) is 0.942. The molecular weight excluding hydrogens is 300 g/mol. The first-order valence-electron chi connectivity index (χ1n) is 7.34. The zero-order chi connectivity index (χ0) is 15.4. The zero-order valence-corrected chi connectivity index (χ0v) is 12.9. The zero-order valence-electron chi connectivity index (χ0n) is 12.1. The Hall–Kier alpha value is -2.14. The molecule has 1 fully saturated rings. The number of nitrogens with one attached hydrogen (secondary N) is 1. The van der Waals surface area contributed by atoms with Crippen LogP contribution in [0.2, 0.25) is 5.02 Å². The first-order valence-corrected chi connectivity index (χ1v) is 7.71. The fourth-order valence-corrected chi connectivity index (χ4v) is 2.56. The Kier molecular flexibility index (Phi) is 4.53. The third-order valence-corrected chi connectivity index (χ3v) is 3.93. The number of hydrogen-bond acceptors (Lipinski definition) is 4. The van der Waals surface area contributed by atoms with Crippen molar-refractivity contribution in [2.45, 2.75) is 19.4 Å². The molecule has 0 atom stereocenters. The molecule has 3 rings (SSSR count). The second-order valence-electron chi connectivity index (χ2n) is 5.28. The molecule has 1 aromatic carbocycles. The van der Waals surface area contributed by atoms with Crippen LogP contribution in [0, 0.1) is 0 Å². The summed E-state index contributed by atoms with van der Waals surface area (Å²) >= 11 is 5.83. The second-order valence-corrected chi connectivity index (χ2v) is 5.72. The van der Waals surface area contributed by atoms with Gasteiger partial charge in [-0.2, -0.15) is 0 Å². The summed E-state index contributed by atoms with van der Waals surface area (Å²) in [5, 5.41) is 11.7. The Bertz CT molecular complexity index is 636. The molecule has 2 heterocycles. The maximum Gasteiger partial charge on any atom is 0.272 e. The Balaban J connectivity index is 1.58. The fraction of sp³-hybridized carbons (Fsp3) is 0.312. The van der Waals surface area contributed by atoms with Gasteiger partial charge in [0.05, 0.1) is 0 Å². The maximum atomic E-state index is 12.1. The van der Waals surface area contributed by atoms with E-state index in [1.807, 2.05) is 18.2 Å². The average molecular weight is 317 g/mol. The Morgan fingerprint density at radius 3 is 2.45 bits per heavy atom. The van der Waals surface area contributed by atoms with Gasteiger partial charge in [0.25, 0.3) is 5.91 Å². The van der Waals surface area contributed by atoms with E-state index >= 15 is 0 Å². The largest absolute Gasteiger partial charge is 0.355 e. The number of carbonyl (C=O) groups is 1. The molecule has 114 valence electrons. The first kappa shape index (κ1) is 14.8. The molecule has 6 heteroatoms. The number of benzene rings is 1. The molecule has 0 unspecified atom stereocenters. The van der Waals surface area contributed by atoms with Gasteiger partial charge in [-0.05, 0) is 42.7 Å². The summed E-state index contributed by atoms with van der Waals surface area (Å²) in [5.41, 5.74) is 1.32. The van der Waals surface area contributed by atoms with Crippen LogP contribution in [0.4, 0.5) is 5.82 Å². The van der Waals surface area contributed by atoms with Gasteiger partial charge in [0.2, 0.25) is 0 Å². The van der Waals surface area contributed by atoms with Gasteiger partial charge < -0.3 is 10.2 Å². The molecule has 1 aliphatic rings. The normalized spacial score (nSPS) is 14.1. The number of anilines is 1. The van der Waals surface area contributed by atoms with E-state index in [4.69, 9.17) is 11.6 Å². The van der Waals surface area contributed by atoms with E-state index in [0.29, 0.717) is 17.3 Å². The Morgan fingerprint density at radius 1 is 1.09 bits per heavy atom. The lowest BCUT2D eigenvalue weighted by Crippen LogP contribution is -2.25. The molecule has 2 aromatic rings. The van der Waals surface area contributed by atoms with Crippen LogP contribution in [0.15, 0.2) is 36.4 Å². The van der Waals surface area contributed by atoms with E-state index in [1.165, 1.54) is 12.8 Å². The number of rotatable bonds is 4. The number of hydrogen-bond donors (Lipinski definition) is 1.